The van der Waals surface area contributed by atoms with E-state index in [0.29, 0.717) is 44.2 Å². The average Bonchev–Trinajstić information content (AvgIpc) is 3.35. The molecule has 5 rings (SSSR count). The van der Waals surface area contributed by atoms with E-state index in [9.17, 15) is 27.9 Å². The van der Waals surface area contributed by atoms with Gasteiger partial charge in [-0.3, -0.25) is 4.79 Å². The summed E-state index contributed by atoms with van der Waals surface area (Å²) in [5.74, 6) is -0.230. The predicted octanol–water partition coefficient (Wildman–Crippen LogP) is 3.91. The van der Waals surface area contributed by atoms with Crippen molar-refractivity contribution < 1.29 is 32.6 Å². The van der Waals surface area contributed by atoms with E-state index >= 15 is 0 Å². The molecule has 40 heavy (non-hydrogen) atoms. The summed E-state index contributed by atoms with van der Waals surface area (Å²) in [7, 11) is 0. The maximum atomic E-state index is 13.3. The van der Waals surface area contributed by atoms with E-state index in [0.717, 1.165) is 16.7 Å². The topological polar surface area (TPSA) is 98.2 Å². The van der Waals surface area contributed by atoms with Gasteiger partial charge in [-0.05, 0) is 67.1 Å². The Hall–Kier alpha value is -3.38. The van der Waals surface area contributed by atoms with Gasteiger partial charge >= 0.3 is 12.2 Å². The van der Waals surface area contributed by atoms with Gasteiger partial charge < -0.3 is 29.9 Å². The Morgan fingerprint density at radius 3 is 2.52 bits per heavy atom. The lowest BCUT2D eigenvalue weighted by atomic mass is 9.95. The Labute approximate surface area is 230 Å². The van der Waals surface area contributed by atoms with Crippen molar-refractivity contribution in [2.45, 2.75) is 38.5 Å². The molecule has 4 heterocycles. The molecule has 2 N–H and O–H groups in total. The van der Waals surface area contributed by atoms with Crippen LogP contribution in [0, 0.1) is 12.8 Å². The molecule has 0 spiro atoms. The van der Waals surface area contributed by atoms with Crippen molar-refractivity contribution >= 4 is 23.4 Å². The van der Waals surface area contributed by atoms with Crippen LogP contribution >= 0.6 is 0 Å². The monoisotopic (exact) mass is 561 g/mol. The van der Waals surface area contributed by atoms with E-state index < -0.39 is 30.1 Å². The van der Waals surface area contributed by atoms with Crippen molar-refractivity contribution in [3.05, 3.63) is 41.6 Å². The quantitative estimate of drug-likeness (QED) is 0.575. The molecule has 3 aliphatic rings. The van der Waals surface area contributed by atoms with Gasteiger partial charge in [0.2, 0.25) is 0 Å². The molecular formula is C28H34F3N5O4. The van der Waals surface area contributed by atoms with Crippen LogP contribution in [-0.2, 0) is 4.74 Å². The van der Waals surface area contributed by atoms with Gasteiger partial charge in [-0.15, -0.1) is 0 Å². The van der Waals surface area contributed by atoms with Crippen LogP contribution in [-0.4, -0.2) is 96.1 Å². The first-order chi connectivity index (χ1) is 18.9. The van der Waals surface area contributed by atoms with Crippen molar-refractivity contribution in [3.63, 3.8) is 0 Å². The normalized spacial score (nSPS) is 20.9. The van der Waals surface area contributed by atoms with Gasteiger partial charge in [0, 0.05) is 38.3 Å². The number of benzene rings is 1. The molecule has 9 nitrogen and oxygen atoms in total. The smallest absolute Gasteiger partial charge is 0.386 e. The zero-order valence-corrected chi connectivity index (χ0v) is 22.6. The Kier molecular flexibility index (Phi) is 7.66. The first kappa shape index (κ1) is 28.2. The minimum atomic E-state index is -4.25. The van der Waals surface area contributed by atoms with Gasteiger partial charge in [-0.25, -0.2) is 9.78 Å². The van der Waals surface area contributed by atoms with Crippen LogP contribution < -0.4 is 10.2 Å². The summed E-state index contributed by atoms with van der Waals surface area (Å²) in [5.41, 5.74) is 2.29. The molecule has 2 aromatic rings. The molecule has 0 unspecified atom stereocenters. The van der Waals surface area contributed by atoms with Crippen LogP contribution in [0.2, 0.25) is 0 Å². The number of urea groups is 1. The van der Waals surface area contributed by atoms with Crippen molar-refractivity contribution in [1.29, 1.82) is 0 Å². The number of carbonyl (C=O) groups excluding carboxylic acids is 2. The fourth-order valence-corrected chi connectivity index (χ4v) is 5.54. The summed E-state index contributed by atoms with van der Waals surface area (Å²) < 4.78 is 43.8. The standard InChI is InChI=1S/C28H34F3N5O4/c1-18-3-4-21(32-26(38)35-6-5-19(15-35)14-28(29,30)31)13-22(18)20-11-23(25(37)36-16-27(2,39)17-36)33-24(12-20)34-7-9-40-10-8-34/h3-4,11-13,19,39H,5-10,14-17H2,1-2H3,(H,32,38)/t19-/m0/s1. The maximum Gasteiger partial charge on any atom is 0.389 e. The highest BCUT2D eigenvalue weighted by Gasteiger charge is 2.40. The Morgan fingerprint density at radius 1 is 1.12 bits per heavy atom. The number of ether oxygens (including phenoxy) is 1. The highest BCUT2D eigenvalue weighted by molar-refractivity contribution is 5.95. The molecular weight excluding hydrogens is 527 g/mol. The largest absolute Gasteiger partial charge is 0.389 e. The summed E-state index contributed by atoms with van der Waals surface area (Å²) in [5, 5.41) is 13.0. The SMILES string of the molecule is Cc1ccc(NC(=O)N2CC[C@@H](CC(F)(F)F)C2)cc1-c1cc(C(=O)N2CC(C)(O)C2)nc(N2CCOCC2)c1. The second-order valence-electron chi connectivity index (χ2n) is 11.2. The Bertz CT molecular complexity index is 1270. The number of morpholine rings is 1. The number of pyridine rings is 1. The summed E-state index contributed by atoms with van der Waals surface area (Å²) in [6.45, 7) is 6.74. The third-order valence-electron chi connectivity index (χ3n) is 7.61. The number of amides is 3. The van der Waals surface area contributed by atoms with E-state index in [4.69, 9.17) is 4.74 Å². The van der Waals surface area contributed by atoms with E-state index in [2.05, 4.69) is 15.2 Å². The number of β-amino-alcohol motifs (C(OH)–C–C–N with tert-alkyl or cyclic N) is 1. The van der Waals surface area contributed by atoms with E-state index in [-0.39, 0.29) is 37.8 Å². The first-order valence-corrected chi connectivity index (χ1v) is 13.5. The zero-order valence-electron chi connectivity index (χ0n) is 22.6. The van der Waals surface area contributed by atoms with Crippen LogP contribution in [0.15, 0.2) is 30.3 Å². The Morgan fingerprint density at radius 2 is 1.85 bits per heavy atom. The lowest BCUT2D eigenvalue weighted by Gasteiger charge is -2.44. The molecule has 12 heteroatoms. The van der Waals surface area contributed by atoms with Crippen LogP contribution in [0.1, 0.15) is 35.8 Å². The molecule has 0 aliphatic carbocycles. The third kappa shape index (κ3) is 6.49. The predicted molar refractivity (Wildman–Crippen MR) is 143 cm³/mol. The molecule has 0 bridgehead atoms. The molecule has 3 saturated heterocycles. The maximum absolute atomic E-state index is 13.3. The fourth-order valence-electron chi connectivity index (χ4n) is 5.54. The second-order valence-corrected chi connectivity index (χ2v) is 11.2. The second kappa shape index (κ2) is 10.9. The van der Waals surface area contributed by atoms with E-state index in [1.165, 1.54) is 4.90 Å². The molecule has 0 saturated carbocycles. The number of halogens is 3. The molecule has 3 fully saturated rings. The molecule has 3 aliphatic heterocycles. The molecule has 0 radical (unpaired) electrons. The van der Waals surface area contributed by atoms with Crippen molar-refractivity contribution in [3.8, 4) is 11.1 Å². The molecule has 3 amide bonds. The number of rotatable bonds is 5. The lowest BCUT2D eigenvalue weighted by Crippen LogP contribution is -2.61. The van der Waals surface area contributed by atoms with Gasteiger partial charge in [0.25, 0.3) is 5.91 Å². The molecule has 1 aromatic carbocycles. The van der Waals surface area contributed by atoms with Crippen LogP contribution in [0.3, 0.4) is 0 Å². The number of aliphatic hydroxyl groups is 1. The lowest BCUT2D eigenvalue weighted by molar-refractivity contribution is -0.143. The fraction of sp³-hybridized carbons (Fsp3) is 0.536. The first-order valence-electron chi connectivity index (χ1n) is 13.5. The van der Waals surface area contributed by atoms with Crippen molar-refractivity contribution in [2.24, 2.45) is 5.92 Å². The number of aryl methyl sites for hydroxylation is 1. The molecule has 1 aromatic heterocycles. The molecule has 1 atom stereocenters. The number of anilines is 2. The number of hydrogen-bond donors (Lipinski definition) is 2. The number of alkyl halides is 3. The number of likely N-dealkylation sites (tertiary alicyclic amines) is 2. The van der Waals surface area contributed by atoms with Crippen LogP contribution in [0.5, 0.6) is 0 Å². The number of nitrogens with zero attached hydrogens (tertiary/aromatic N) is 4. The summed E-state index contributed by atoms with van der Waals surface area (Å²) in [6.07, 6.45) is -4.83. The van der Waals surface area contributed by atoms with Gasteiger partial charge in [-0.1, -0.05) is 6.07 Å². The van der Waals surface area contributed by atoms with Gasteiger partial charge in [0.15, 0.2) is 0 Å². The highest BCUT2D eigenvalue weighted by Crippen LogP contribution is 2.33. The van der Waals surface area contributed by atoms with Crippen molar-refractivity contribution in [1.82, 2.24) is 14.8 Å². The third-order valence-corrected chi connectivity index (χ3v) is 7.61. The summed E-state index contributed by atoms with van der Waals surface area (Å²) in [4.78, 5) is 35.8. The van der Waals surface area contributed by atoms with Crippen molar-refractivity contribution in [2.75, 3.05) is 62.7 Å². The summed E-state index contributed by atoms with van der Waals surface area (Å²) >= 11 is 0. The highest BCUT2D eigenvalue weighted by atomic mass is 19.4. The zero-order chi connectivity index (χ0) is 28.7. The summed E-state index contributed by atoms with van der Waals surface area (Å²) in [6, 6.07) is 8.59. The van der Waals surface area contributed by atoms with Gasteiger partial charge in [0.1, 0.15) is 11.5 Å². The molecule has 216 valence electrons. The van der Waals surface area contributed by atoms with Gasteiger partial charge in [-0.2, -0.15) is 13.2 Å². The number of aromatic nitrogens is 1. The van der Waals surface area contributed by atoms with Gasteiger partial charge in [0.05, 0.1) is 31.9 Å². The number of nitrogens with one attached hydrogen (secondary N) is 1. The average molecular weight is 562 g/mol. The minimum absolute atomic E-state index is 0.0617. The minimum Gasteiger partial charge on any atom is -0.386 e. The van der Waals surface area contributed by atoms with E-state index in [1.807, 2.05) is 19.1 Å². The van der Waals surface area contributed by atoms with E-state index in [1.54, 1.807) is 30.0 Å². The van der Waals surface area contributed by atoms with Crippen LogP contribution in [0.25, 0.3) is 11.1 Å². The Balaban J connectivity index is 1.39. The number of carbonyl (C=O) groups is 2. The number of hydrogen-bond acceptors (Lipinski definition) is 6. The van der Waals surface area contributed by atoms with Crippen LogP contribution in [0.4, 0.5) is 29.5 Å².